The van der Waals surface area contributed by atoms with E-state index in [1.165, 1.54) is 6.42 Å². The number of amides is 1. The maximum Gasteiger partial charge on any atom is 0.230 e. The van der Waals surface area contributed by atoms with Gasteiger partial charge in [-0.05, 0) is 47.0 Å². The highest BCUT2D eigenvalue weighted by Gasteiger charge is 2.44. The minimum absolute atomic E-state index is 0.0172. The van der Waals surface area contributed by atoms with Crippen LogP contribution < -0.4 is 5.73 Å². The minimum atomic E-state index is -0.613. The molecule has 0 saturated heterocycles. The minimum Gasteiger partial charge on any atom is -0.395 e. The summed E-state index contributed by atoms with van der Waals surface area (Å²) in [4.78, 5) is 14.4. The highest BCUT2D eigenvalue weighted by Crippen LogP contribution is 2.34. The highest BCUT2D eigenvalue weighted by molar-refractivity contribution is 5.83. The summed E-state index contributed by atoms with van der Waals surface area (Å²) in [6.45, 7) is 7.97. The van der Waals surface area contributed by atoms with E-state index in [4.69, 9.17) is 10.8 Å². The fourth-order valence-corrected chi connectivity index (χ4v) is 1.89. The van der Waals surface area contributed by atoms with Crippen LogP contribution in [0, 0.1) is 5.41 Å². The average Bonchev–Trinajstić information content (AvgIpc) is 2.11. The summed E-state index contributed by atoms with van der Waals surface area (Å²) in [6, 6.07) is 0.302. The number of aliphatic hydroxyl groups excluding tert-OH is 1. The first-order chi connectivity index (χ1) is 7.71. The Morgan fingerprint density at radius 1 is 1.35 bits per heavy atom. The number of nitrogens with two attached hydrogens (primary N) is 1. The van der Waals surface area contributed by atoms with Gasteiger partial charge in [-0.15, -0.1) is 0 Å². The second kappa shape index (κ2) is 4.94. The van der Waals surface area contributed by atoms with Gasteiger partial charge in [0.2, 0.25) is 5.91 Å². The Morgan fingerprint density at radius 2 is 1.88 bits per heavy atom. The number of aliphatic hydroxyl groups is 1. The predicted octanol–water partition coefficient (Wildman–Crippen LogP) is 1.12. The van der Waals surface area contributed by atoms with Crippen molar-refractivity contribution in [2.75, 3.05) is 13.2 Å². The van der Waals surface area contributed by atoms with Crippen molar-refractivity contribution in [2.24, 2.45) is 11.1 Å². The third kappa shape index (κ3) is 2.80. The lowest BCUT2D eigenvalue weighted by Gasteiger charge is -2.45. The first-order valence-electron chi connectivity index (χ1n) is 6.42. The molecule has 4 nitrogen and oxygen atoms in total. The summed E-state index contributed by atoms with van der Waals surface area (Å²) in [7, 11) is 0. The van der Waals surface area contributed by atoms with E-state index in [1.54, 1.807) is 0 Å². The molecular formula is C13H26N2O2. The molecule has 17 heavy (non-hydrogen) atoms. The van der Waals surface area contributed by atoms with Crippen molar-refractivity contribution < 1.29 is 9.90 Å². The summed E-state index contributed by atoms with van der Waals surface area (Å²) in [5.74, 6) is 0.0590. The Labute approximate surface area is 104 Å². The molecule has 1 fully saturated rings. The molecule has 0 atom stereocenters. The molecule has 0 aliphatic heterocycles. The SMILES string of the molecule is CC(C)(N)C(C)(C)C(=O)N(CCO)C1CCC1. The molecule has 0 unspecified atom stereocenters. The normalized spacial score (nSPS) is 17.8. The van der Waals surface area contributed by atoms with E-state index >= 15 is 0 Å². The molecule has 0 bridgehead atoms. The van der Waals surface area contributed by atoms with E-state index in [2.05, 4.69) is 0 Å². The first-order valence-corrected chi connectivity index (χ1v) is 6.42. The van der Waals surface area contributed by atoms with E-state index in [9.17, 15) is 4.79 Å². The molecule has 0 aromatic carbocycles. The summed E-state index contributed by atoms with van der Waals surface area (Å²) in [6.07, 6.45) is 3.27. The molecule has 0 spiro atoms. The van der Waals surface area contributed by atoms with Crippen molar-refractivity contribution in [1.82, 2.24) is 4.90 Å². The summed E-state index contributed by atoms with van der Waals surface area (Å²) < 4.78 is 0. The Morgan fingerprint density at radius 3 is 2.18 bits per heavy atom. The van der Waals surface area contributed by atoms with Crippen LogP contribution in [0.1, 0.15) is 47.0 Å². The van der Waals surface area contributed by atoms with Crippen LogP contribution in [0.25, 0.3) is 0 Å². The standard InChI is InChI=1S/C13H26N2O2/c1-12(2,13(3,4)14)11(17)15(8-9-16)10-6-5-7-10/h10,16H,5-9,14H2,1-4H3. The van der Waals surface area contributed by atoms with Crippen LogP contribution in [0.4, 0.5) is 0 Å². The van der Waals surface area contributed by atoms with Gasteiger partial charge in [-0.1, -0.05) is 0 Å². The van der Waals surface area contributed by atoms with Gasteiger partial charge in [0.15, 0.2) is 0 Å². The molecule has 1 saturated carbocycles. The number of carbonyl (C=O) groups excluding carboxylic acids is 1. The van der Waals surface area contributed by atoms with Crippen molar-refractivity contribution in [3.05, 3.63) is 0 Å². The van der Waals surface area contributed by atoms with Gasteiger partial charge in [0.1, 0.15) is 0 Å². The molecule has 1 aliphatic carbocycles. The van der Waals surface area contributed by atoms with E-state index in [0.717, 1.165) is 12.8 Å². The van der Waals surface area contributed by atoms with Crippen molar-refractivity contribution in [3.63, 3.8) is 0 Å². The van der Waals surface area contributed by atoms with Crippen molar-refractivity contribution in [3.8, 4) is 0 Å². The predicted molar refractivity (Wildman–Crippen MR) is 68.5 cm³/mol. The molecule has 0 heterocycles. The monoisotopic (exact) mass is 242 g/mol. The van der Waals surface area contributed by atoms with Gasteiger partial charge in [0.05, 0.1) is 12.0 Å². The van der Waals surface area contributed by atoms with E-state index < -0.39 is 11.0 Å². The number of nitrogens with zero attached hydrogens (tertiary/aromatic N) is 1. The maximum atomic E-state index is 12.6. The lowest BCUT2D eigenvalue weighted by molar-refractivity contribution is -0.148. The Hall–Kier alpha value is -0.610. The first kappa shape index (κ1) is 14.5. The van der Waals surface area contributed by atoms with Gasteiger partial charge in [0.25, 0.3) is 0 Å². The fourth-order valence-electron chi connectivity index (χ4n) is 1.89. The van der Waals surface area contributed by atoms with Gasteiger partial charge in [0, 0.05) is 18.1 Å². The number of rotatable bonds is 5. The second-order valence-corrected chi connectivity index (χ2v) is 6.15. The van der Waals surface area contributed by atoms with Crippen molar-refractivity contribution in [2.45, 2.75) is 58.5 Å². The molecule has 0 aromatic heterocycles. The Kier molecular flexibility index (Phi) is 4.20. The van der Waals surface area contributed by atoms with Gasteiger partial charge >= 0.3 is 0 Å². The average molecular weight is 242 g/mol. The summed E-state index contributed by atoms with van der Waals surface area (Å²) in [5, 5.41) is 9.10. The zero-order valence-electron chi connectivity index (χ0n) is 11.5. The molecule has 1 amide bonds. The van der Waals surface area contributed by atoms with Gasteiger partial charge in [-0.3, -0.25) is 4.79 Å². The molecule has 0 radical (unpaired) electrons. The lowest BCUT2D eigenvalue weighted by atomic mass is 9.73. The number of hydrogen-bond acceptors (Lipinski definition) is 3. The molecule has 100 valence electrons. The Balaban J connectivity index is 2.83. The quantitative estimate of drug-likeness (QED) is 0.759. The lowest BCUT2D eigenvalue weighted by Crippen LogP contribution is -2.59. The molecule has 4 heteroatoms. The zero-order chi connectivity index (χ0) is 13.3. The van der Waals surface area contributed by atoms with Crippen LogP contribution in [0.15, 0.2) is 0 Å². The third-order valence-corrected chi connectivity index (χ3v) is 4.26. The molecule has 0 aromatic rings. The van der Waals surface area contributed by atoms with Crippen molar-refractivity contribution in [1.29, 1.82) is 0 Å². The third-order valence-electron chi connectivity index (χ3n) is 4.26. The molecule has 1 rings (SSSR count). The second-order valence-electron chi connectivity index (χ2n) is 6.15. The molecule has 3 N–H and O–H groups in total. The van der Waals surface area contributed by atoms with E-state index in [0.29, 0.717) is 12.6 Å². The van der Waals surface area contributed by atoms with Gasteiger partial charge in [-0.25, -0.2) is 0 Å². The van der Waals surface area contributed by atoms with Crippen LogP contribution in [-0.2, 0) is 4.79 Å². The van der Waals surface area contributed by atoms with Crippen molar-refractivity contribution >= 4 is 5.91 Å². The van der Waals surface area contributed by atoms with Gasteiger partial charge in [-0.2, -0.15) is 0 Å². The zero-order valence-corrected chi connectivity index (χ0v) is 11.5. The summed E-state index contributed by atoms with van der Waals surface area (Å²) in [5.41, 5.74) is 4.92. The smallest absolute Gasteiger partial charge is 0.230 e. The molecular weight excluding hydrogens is 216 g/mol. The van der Waals surface area contributed by atoms with E-state index in [-0.39, 0.29) is 12.5 Å². The van der Waals surface area contributed by atoms with Crippen LogP contribution >= 0.6 is 0 Å². The van der Waals surface area contributed by atoms with Crippen LogP contribution in [0.3, 0.4) is 0 Å². The van der Waals surface area contributed by atoms with Crippen LogP contribution in [0.2, 0.25) is 0 Å². The molecule has 1 aliphatic rings. The van der Waals surface area contributed by atoms with E-state index in [1.807, 2.05) is 32.6 Å². The topological polar surface area (TPSA) is 66.6 Å². The highest BCUT2D eigenvalue weighted by atomic mass is 16.3. The largest absolute Gasteiger partial charge is 0.395 e. The maximum absolute atomic E-state index is 12.6. The van der Waals surface area contributed by atoms with Crippen LogP contribution in [-0.4, -0.2) is 40.6 Å². The number of carbonyl (C=O) groups is 1. The summed E-state index contributed by atoms with van der Waals surface area (Å²) >= 11 is 0. The van der Waals surface area contributed by atoms with Gasteiger partial charge < -0.3 is 15.7 Å². The Bertz CT molecular complexity index is 278. The number of hydrogen-bond donors (Lipinski definition) is 2. The fraction of sp³-hybridized carbons (Fsp3) is 0.923. The van der Waals surface area contributed by atoms with Crippen LogP contribution in [0.5, 0.6) is 0 Å².